The van der Waals surface area contributed by atoms with Crippen molar-refractivity contribution in [3.05, 3.63) is 0 Å². The number of thioether (sulfide) groups is 1. The summed E-state index contributed by atoms with van der Waals surface area (Å²) >= 11 is 1.45. The summed E-state index contributed by atoms with van der Waals surface area (Å²) < 4.78 is 0. The van der Waals surface area contributed by atoms with Gasteiger partial charge in [0.25, 0.3) is 0 Å². The third kappa shape index (κ3) is 5.11. The molecule has 4 nitrogen and oxygen atoms in total. The van der Waals surface area contributed by atoms with Crippen molar-refractivity contribution >= 4 is 11.8 Å². The van der Waals surface area contributed by atoms with E-state index < -0.39 is 11.6 Å². The van der Waals surface area contributed by atoms with E-state index in [1.165, 1.54) is 11.8 Å². The highest BCUT2D eigenvalue weighted by Gasteiger charge is 2.21. The molecule has 0 amide bonds. The predicted molar refractivity (Wildman–Crippen MR) is 53.5 cm³/mol. The molecular weight excluding hydrogens is 188 g/mol. The first-order chi connectivity index (χ1) is 6.08. The van der Waals surface area contributed by atoms with E-state index in [1.54, 1.807) is 14.0 Å². The number of nitrogens with zero attached hydrogens (tertiary/aromatic N) is 1. The van der Waals surface area contributed by atoms with Gasteiger partial charge >= 0.3 is 0 Å². The summed E-state index contributed by atoms with van der Waals surface area (Å²) in [5.74, 6) is 1.05. The topological polar surface area (TPSA) is 76.3 Å². The Bertz CT molecular complexity index is 183. The Labute approximate surface area is 82.9 Å². The summed E-state index contributed by atoms with van der Waals surface area (Å²) in [4.78, 5) is 0. The van der Waals surface area contributed by atoms with Crippen LogP contribution in [0.3, 0.4) is 0 Å². The SMILES string of the molecule is CNC(C)(C#N)CSCC(O)CO. The van der Waals surface area contributed by atoms with Crippen LogP contribution in [0.25, 0.3) is 0 Å². The zero-order chi connectivity index (χ0) is 10.3. The zero-order valence-electron chi connectivity index (χ0n) is 7.95. The fourth-order valence-electron chi connectivity index (χ4n) is 0.612. The van der Waals surface area contributed by atoms with Gasteiger partial charge in [0, 0.05) is 11.5 Å². The standard InChI is InChI=1S/C8H16N2O2S/c1-8(5-9,10-2)6-13-4-7(12)3-11/h7,10-12H,3-4,6H2,1-2H3. The first-order valence-electron chi connectivity index (χ1n) is 4.05. The Balaban J connectivity index is 3.69. The molecule has 76 valence electrons. The van der Waals surface area contributed by atoms with E-state index in [1.807, 2.05) is 0 Å². The number of hydrogen-bond acceptors (Lipinski definition) is 5. The van der Waals surface area contributed by atoms with E-state index in [9.17, 15) is 0 Å². The number of aliphatic hydroxyl groups excluding tert-OH is 2. The largest absolute Gasteiger partial charge is 0.394 e. The molecule has 0 bridgehead atoms. The van der Waals surface area contributed by atoms with Gasteiger partial charge in [0.1, 0.15) is 5.54 Å². The fraction of sp³-hybridized carbons (Fsp3) is 0.875. The molecule has 0 saturated carbocycles. The molecule has 0 saturated heterocycles. The smallest absolute Gasteiger partial charge is 0.112 e. The molecule has 0 aromatic carbocycles. The molecule has 2 unspecified atom stereocenters. The van der Waals surface area contributed by atoms with Crippen LogP contribution in [0.5, 0.6) is 0 Å². The van der Waals surface area contributed by atoms with E-state index in [4.69, 9.17) is 15.5 Å². The van der Waals surface area contributed by atoms with E-state index in [0.717, 1.165) is 0 Å². The monoisotopic (exact) mass is 204 g/mol. The quantitative estimate of drug-likeness (QED) is 0.547. The Morgan fingerprint density at radius 2 is 2.31 bits per heavy atom. The molecule has 3 N–H and O–H groups in total. The maximum atomic E-state index is 9.03. The van der Waals surface area contributed by atoms with Crippen molar-refractivity contribution in [3.8, 4) is 6.07 Å². The molecule has 0 fully saturated rings. The van der Waals surface area contributed by atoms with Crippen LogP contribution < -0.4 is 5.32 Å². The van der Waals surface area contributed by atoms with E-state index >= 15 is 0 Å². The van der Waals surface area contributed by atoms with Gasteiger partial charge in [-0.1, -0.05) is 0 Å². The second kappa shape index (κ2) is 6.22. The molecule has 0 aromatic heterocycles. The highest BCUT2D eigenvalue weighted by molar-refractivity contribution is 7.99. The summed E-state index contributed by atoms with van der Waals surface area (Å²) in [6.45, 7) is 1.57. The molecule has 0 aliphatic heterocycles. The van der Waals surface area contributed by atoms with Gasteiger partial charge in [-0.05, 0) is 14.0 Å². The predicted octanol–water partition coefficient (Wildman–Crippen LogP) is -0.426. The lowest BCUT2D eigenvalue weighted by Crippen LogP contribution is -2.41. The second-order valence-electron chi connectivity index (χ2n) is 3.05. The lowest BCUT2D eigenvalue weighted by molar-refractivity contribution is 0.113. The Hall–Kier alpha value is -0.280. The van der Waals surface area contributed by atoms with Gasteiger partial charge in [-0.15, -0.1) is 0 Å². The maximum Gasteiger partial charge on any atom is 0.112 e. The van der Waals surface area contributed by atoms with Crippen LogP contribution in [-0.2, 0) is 0 Å². The van der Waals surface area contributed by atoms with Crippen LogP contribution in [0, 0.1) is 11.3 Å². The number of nitrogens with one attached hydrogen (secondary N) is 1. The van der Waals surface area contributed by atoms with Gasteiger partial charge in [0.15, 0.2) is 0 Å². The molecule has 0 aromatic rings. The number of nitriles is 1. The molecule has 0 aliphatic carbocycles. The van der Waals surface area contributed by atoms with Crippen molar-refractivity contribution in [2.24, 2.45) is 0 Å². The zero-order valence-corrected chi connectivity index (χ0v) is 8.77. The maximum absolute atomic E-state index is 9.03. The molecule has 5 heteroatoms. The van der Waals surface area contributed by atoms with Gasteiger partial charge < -0.3 is 15.5 Å². The Morgan fingerprint density at radius 1 is 1.69 bits per heavy atom. The van der Waals surface area contributed by atoms with Gasteiger partial charge in [-0.25, -0.2) is 0 Å². The van der Waals surface area contributed by atoms with Crippen LogP contribution in [-0.4, -0.2) is 47.0 Å². The van der Waals surface area contributed by atoms with E-state index in [0.29, 0.717) is 11.5 Å². The molecular formula is C8H16N2O2S. The van der Waals surface area contributed by atoms with Gasteiger partial charge in [-0.3, -0.25) is 0 Å². The highest BCUT2D eigenvalue weighted by Crippen LogP contribution is 2.12. The van der Waals surface area contributed by atoms with Crippen molar-refractivity contribution in [2.45, 2.75) is 18.6 Å². The van der Waals surface area contributed by atoms with Crippen LogP contribution in [0.2, 0.25) is 0 Å². The van der Waals surface area contributed by atoms with E-state index in [2.05, 4.69) is 11.4 Å². The first-order valence-corrected chi connectivity index (χ1v) is 5.20. The summed E-state index contributed by atoms with van der Waals surface area (Å²) in [7, 11) is 1.73. The molecule has 2 atom stereocenters. The second-order valence-corrected chi connectivity index (χ2v) is 4.08. The van der Waals surface area contributed by atoms with Crippen LogP contribution >= 0.6 is 11.8 Å². The third-order valence-corrected chi connectivity index (χ3v) is 3.11. The fourth-order valence-corrected chi connectivity index (χ4v) is 1.72. The van der Waals surface area contributed by atoms with Crippen molar-refractivity contribution in [3.63, 3.8) is 0 Å². The van der Waals surface area contributed by atoms with Crippen LogP contribution in [0.4, 0.5) is 0 Å². The highest BCUT2D eigenvalue weighted by atomic mass is 32.2. The summed E-state index contributed by atoms with van der Waals surface area (Å²) in [6, 6.07) is 2.14. The average molecular weight is 204 g/mol. The Morgan fingerprint density at radius 3 is 2.69 bits per heavy atom. The van der Waals surface area contributed by atoms with Crippen LogP contribution in [0.15, 0.2) is 0 Å². The number of aliphatic hydroxyl groups is 2. The minimum absolute atomic E-state index is 0.226. The van der Waals surface area contributed by atoms with Gasteiger partial charge in [0.2, 0.25) is 0 Å². The van der Waals surface area contributed by atoms with E-state index in [-0.39, 0.29) is 6.61 Å². The number of rotatable bonds is 6. The summed E-state index contributed by atoms with van der Waals surface area (Å²) in [5.41, 5.74) is -0.556. The summed E-state index contributed by atoms with van der Waals surface area (Å²) in [6.07, 6.45) is -0.690. The summed E-state index contributed by atoms with van der Waals surface area (Å²) in [5, 5.41) is 29.2. The minimum Gasteiger partial charge on any atom is -0.394 e. The van der Waals surface area contributed by atoms with Gasteiger partial charge in [-0.2, -0.15) is 17.0 Å². The van der Waals surface area contributed by atoms with Crippen molar-refractivity contribution in [1.82, 2.24) is 5.32 Å². The molecule has 0 spiro atoms. The normalized spacial score (nSPS) is 17.5. The lowest BCUT2D eigenvalue weighted by atomic mass is 10.1. The average Bonchev–Trinajstić information content (AvgIpc) is 2.17. The Kier molecular flexibility index (Phi) is 6.08. The van der Waals surface area contributed by atoms with Crippen molar-refractivity contribution in [2.75, 3.05) is 25.2 Å². The number of hydrogen-bond donors (Lipinski definition) is 3. The van der Waals surface area contributed by atoms with Crippen molar-refractivity contribution < 1.29 is 10.2 Å². The molecule has 13 heavy (non-hydrogen) atoms. The van der Waals surface area contributed by atoms with Crippen LogP contribution in [0.1, 0.15) is 6.92 Å². The third-order valence-electron chi connectivity index (χ3n) is 1.71. The van der Waals surface area contributed by atoms with Gasteiger partial charge in [0.05, 0.1) is 18.8 Å². The lowest BCUT2D eigenvalue weighted by Gasteiger charge is -2.20. The molecule has 0 heterocycles. The molecule has 0 radical (unpaired) electrons. The molecule has 0 rings (SSSR count). The first kappa shape index (κ1) is 12.7. The molecule has 0 aliphatic rings. The minimum atomic E-state index is -0.690. The van der Waals surface area contributed by atoms with Crippen molar-refractivity contribution in [1.29, 1.82) is 5.26 Å².